The molecule has 0 bridgehead atoms. The van der Waals surface area contributed by atoms with Crippen LogP contribution in [0.4, 0.5) is 0 Å². The lowest BCUT2D eigenvalue weighted by molar-refractivity contribution is -0.113. The van der Waals surface area contributed by atoms with Gasteiger partial charge in [-0.05, 0) is 0 Å². The second-order valence-electron chi connectivity index (χ2n) is 7.03. The molecule has 1 aliphatic rings. The number of methoxy groups -OCH3 is 1. The van der Waals surface area contributed by atoms with Crippen LogP contribution in [0.1, 0.15) is 20.1 Å². The van der Waals surface area contributed by atoms with E-state index in [2.05, 4.69) is 4.98 Å². The van der Waals surface area contributed by atoms with Crippen LogP contribution in [-0.4, -0.2) is 77.4 Å². The fraction of sp³-hybridized carbons (Fsp3) is 0.722. The quantitative estimate of drug-likeness (QED) is 0.289. The lowest BCUT2D eigenvalue weighted by Crippen LogP contribution is -2.39. The van der Waals surface area contributed by atoms with Gasteiger partial charge in [0, 0.05) is 35.6 Å². The number of carbonyl (C=O) groups excluding carboxylic acids is 1. The Hall–Kier alpha value is -1.44. The molecule has 0 saturated carbocycles. The molecule has 1 aliphatic heterocycles. The largest absolute Gasteiger partial charge is 0.697 e. The minimum atomic E-state index is -2.61. The number of aliphatic hydroxyl groups excluding tert-OH is 1. The third-order valence-electron chi connectivity index (χ3n) is 4.44. The number of carbonyl (C=O) groups is 1. The fourth-order valence-electron chi connectivity index (χ4n) is 2.86. The van der Waals surface area contributed by atoms with E-state index in [4.69, 9.17) is 23.3 Å². The molecule has 0 amide bonds. The van der Waals surface area contributed by atoms with Crippen molar-refractivity contribution in [3.63, 3.8) is 0 Å². The topological polar surface area (TPSA) is 155 Å². The first-order valence-electron chi connectivity index (χ1n) is 9.90. The molecule has 2 rings (SSSR count). The van der Waals surface area contributed by atoms with Crippen LogP contribution in [0, 0.1) is 5.92 Å². The molecular formula is C18H28N2O10PS+. The highest BCUT2D eigenvalue weighted by Crippen LogP contribution is 2.38. The number of thioether (sulfide) groups is 1. The molecule has 2 heterocycles. The maximum atomic E-state index is 12.2. The van der Waals surface area contributed by atoms with Gasteiger partial charge in [0.25, 0.3) is 5.56 Å². The predicted molar refractivity (Wildman–Crippen MR) is 115 cm³/mol. The van der Waals surface area contributed by atoms with Crippen molar-refractivity contribution in [3.8, 4) is 0 Å². The first kappa shape index (κ1) is 26.8. The first-order valence-corrected chi connectivity index (χ1v) is 12.0. The number of hydrogen-bond acceptors (Lipinski definition) is 11. The molecule has 0 radical (unpaired) electrons. The minimum Gasteiger partial charge on any atom is -0.394 e. The summed E-state index contributed by atoms with van der Waals surface area (Å²) in [5.74, 6) is 0.475. The van der Waals surface area contributed by atoms with Gasteiger partial charge in [-0.3, -0.25) is 19.1 Å². The molecule has 180 valence electrons. The van der Waals surface area contributed by atoms with Crippen LogP contribution in [0.3, 0.4) is 0 Å². The molecule has 2 N–H and O–H groups in total. The zero-order valence-electron chi connectivity index (χ0n) is 18.0. The van der Waals surface area contributed by atoms with Crippen molar-refractivity contribution in [3.05, 3.63) is 33.1 Å². The maximum Gasteiger partial charge on any atom is 0.697 e. The van der Waals surface area contributed by atoms with Gasteiger partial charge in [-0.2, -0.15) is 0 Å². The Bertz CT molecular complexity index is 876. The molecular weight excluding hydrogens is 467 g/mol. The van der Waals surface area contributed by atoms with E-state index in [1.807, 2.05) is 13.8 Å². The SMILES string of the molecule is CO[C@H]1C(O[P+](=O)OCCOCCSC(=O)C(C)C)[C@@H](CO)O[C@H]1n1ccc(=O)[nH]c1=O. The van der Waals surface area contributed by atoms with Crippen LogP contribution in [0.15, 0.2) is 21.9 Å². The van der Waals surface area contributed by atoms with E-state index in [-0.39, 0.29) is 24.2 Å². The third kappa shape index (κ3) is 7.56. The number of nitrogens with one attached hydrogen (secondary N) is 1. The minimum absolute atomic E-state index is 0.0180. The van der Waals surface area contributed by atoms with Gasteiger partial charge in [0.05, 0.1) is 19.8 Å². The summed E-state index contributed by atoms with van der Waals surface area (Å²) in [5.41, 5.74) is -1.30. The molecule has 0 aromatic carbocycles. The Kier molecular flexibility index (Phi) is 11.2. The van der Waals surface area contributed by atoms with Crippen molar-refractivity contribution in [2.45, 2.75) is 38.4 Å². The van der Waals surface area contributed by atoms with Crippen molar-refractivity contribution in [2.75, 3.05) is 39.3 Å². The van der Waals surface area contributed by atoms with E-state index in [1.165, 1.54) is 25.1 Å². The van der Waals surface area contributed by atoms with Crippen molar-refractivity contribution in [1.29, 1.82) is 0 Å². The Morgan fingerprint density at radius 1 is 1.31 bits per heavy atom. The highest BCUT2D eigenvalue weighted by atomic mass is 32.2. The van der Waals surface area contributed by atoms with Crippen LogP contribution >= 0.6 is 20.0 Å². The number of aromatic amines is 1. The zero-order valence-corrected chi connectivity index (χ0v) is 19.7. The van der Waals surface area contributed by atoms with E-state index in [0.717, 1.165) is 10.6 Å². The Balaban J connectivity index is 1.83. The molecule has 12 nitrogen and oxygen atoms in total. The molecule has 1 fully saturated rings. The van der Waals surface area contributed by atoms with Gasteiger partial charge in [0.2, 0.25) is 0 Å². The van der Waals surface area contributed by atoms with Gasteiger partial charge >= 0.3 is 13.9 Å². The van der Waals surface area contributed by atoms with Crippen molar-refractivity contribution in [2.24, 2.45) is 5.92 Å². The summed E-state index contributed by atoms with van der Waals surface area (Å²) in [5, 5.41) is 9.71. The van der Waals surface area contributed by atoms with E-state index in [0.29, 0.717) is 12.4 Å². The molecule has 1 aromatic heterocycles. The molecule has 32 heavy (non-hydrogen) atoms. The lowest BCUT2D eigenvalue weighted by Gasteiger charge is -2.19. The molecule has 14 heteroatoms. The van der Waals surface area contributed by atoms with E-state index in [1.54, 1.807) is 0 Å². The fourth-order valence-corrected chi connectivity index (χ4v) is 4.33. The lowest BCUT2D eigenvalue weighted by atomic mass is 10.1. The molecule has 5 atom stereocenters. The monoisotopic (exact) mass is 495 g/mol. The highest BCUT2D eigenvalue weighted by molar-refractivity contribution is 8.13. The molecule has 1 saturated heterocycles. The molecule has 0 spiro atoms. The average Bonchev–Trinajstić information content (AvgIpc) is 3.09. The number of H-pyrrole nitrogens is 1. The molecule has 2 unspecified atom stereocenters. The van der Waals surface area contributed by atoms with Gasteiger partial charge in [0.15, 0.2) is 17.4 Å². The summed E-state index contributed by atoms with van der Waals surface area (Å²) in [4.78, 5) is 37.0. The Morgan fingerprint density at radius 3 is 2.69 bits per heavy atom. The van der Waals surface area contributed by atoms with Crippen molar-refractivity contribution >= 4 is 25.1 Å². The summed E-state index contributed by atoms with van der Waals surface area (Å²) >= 11 is 1.19. The normalized spacial score (nSPS) is 23.6. The van der Waals surface area contributed by atoms with Gasteiger partial charge in [0.1, 0.15) is 18.8 Å². The number of rotatable bonds is 13. The van der Waals surface area contributed by atoms with Crippen LogP contribution < -0.4 is 11.2 Å². The second-order valence-corrected chi connectivity index (χ2v) is 9.04. The summed E-state index contributed by atoms with van der Waals surface area (Å²) in [6, 6.07) is 1.14. The van der Waals surface area contributed by atoms with E-state index >= 15 is 0 Å². The van der Waals surface area contributed by atoms with Crippen molar-refractivity contribution < 1.29 is 37.7 Å². The van der Waals surface area contributed by atoms with Crippen LogP contribution in [0.2, 0.25) is 0 Å². The number of aromatic nitrogens is 2. The van der Waals surface area contributed by atoms with Gasteiger partial charge in [-0.15, -0.1) is 9.05 Å². The van der Waals surface area contributed by atoms with Crippen molar-refractivity contribution in [1.82, 2.24) is 9.55 Å². The van der Waals surface area contributed by atoms with Gasteiger partial charge < -0.3 is 19.3 Å². The Labute approximate surface area is 189 Å². The van der Waals surface area contributed by atoms with E-state index < -0.39 is 50.7 Å². The number of aliphatic hydroxyl groups is 1. The predicted octanol–water partition coefficient (Wildman–Crippen LogP) is 0.433. The van der Waals surface area contributed by atoms with Gasteiger partial charge in [-0.1, -0.05) is 25.6 Å². The van der Waals surface area contributed by atoms with Crippen LogP contribution in [0.25, 0.3) is 0 Å². The van der Waals surface area contributed by atoms with Crippen LogP contribution in [0.5, 0.6) is 0 Å². The molecule has 1 aromatic rings. The number of ether oxygens (including phenoxy) is 3. The first-order chi connectivity index (χ1) is 15.3. The van der Waals surface area contributed by atoms with E-state index in [9.17, 15) is 24.1 Å². The molecule has 0 aliphatic carbocycles. The third-order valence-corrected chi connectivity index (χ3v) is 6.37. The van der Waals surface area contributed by atoms with Gasteiger partial charge in [-0.25, -0.2) is 4.79 Å². The standard InChI is InChI=1S/C18H27N2O10PS/c1-11(2)17(23)32-9-8-27-6-7-28-31(25)30-14-12(10-21)29-16(15(14)26-3)20-5-4-13(22)19-18(20)24/h4-5,11-12,14-16,21H,6-10H2,1-3H3/p+1/t12-,14?,15+,16-/m1/s1. The second kappa shape index (κ2) is 13.3. The number of hydrogen-bond donors (Lipinski definition) is 2. The Morgan fingerprint density at radius 2 is 2.06 bits per heavy atom. The maximum absolute atomic E-state index is 12.2. The summed E-state index contributed by atoms with van der Waals surface area (Å²) < 4.78 is 40.2. The smallest absolute Gasteiger partial charge is 0.394 e. The van der Waals surface area contributed by atoms with Crippen LogP contribution in [-0.2, 0) is 32.6 Å². The summed E-state index contributed by atoms with van der Waals surface area (Å²) in [6.45, 7) is 3.64. The number of nitrogens with zero attached hydrogens (tertiary/aromatic N) is 1. The zero-order chi connectivity index (χ0) is 23.7. The highest BCUT2D eigenvalue weighted by Gasteiger charge is 2.51. The summed E-state index contributed by atoms with van der Waals surface area (Å²) in [7, 11) is -1.26. The summed E-state index contributed by atoms with van der Waals surface area (Å²) in [6.07, 6.45) is -2.65. The average molecular weight is 495 g/mol.